The van der Waals surface area contributed by atoms with Crippen LogP contribution >= 0.6 is 23.3 Å². The van der Waals surface area contributed by atoms with Gasteiger partial charge in [0.25, 0.3) is 0 Å². The number of hydrogen-bond donors (Lipinski definition) is 1. The van der Waals surface area contributed by atoms with Crippen LogP contribution in [0, 0.1) is 0 Å². The van der Waals surface area contributed by atoms with Crippen LogP contribution < -0.4 is 5.73 Å². The fraction of sp³-hybridized carbons (Fsp3) is 0.143. The van der Waals surface area contributed by atoms with Crippen LogP contribution in [0.4, 0.5) is 5.00 Å². The van der Waals surface area contributed by atoms with E-state index < -0.39 is 0 Å². The zero-order valence-corrected chi connectivity index (χ0v) is 8.75. The van der Waals surface area contributed by atoms with Crippen LogP contribution in [0.15, 0.2) is 23.6 Å². The monoisotopic (exact) mass is 225 g/mol. The molecule has 2 aromatic heterocycles. The highest BCUT2D eigenvalue weighted by molar-refractivity contribution is 7.98. The average molecular weight is 225 g/mol. The summed E-state index contributed by atoms with van der Waals surface area (Å²) in [6.07, 6.45) is 5.01. The molecule has 7 heteroatoms. The van der Waals surface area contributed by atoms with Gasteiger partial charge in [-0.05, 0) is 0 Å². The first-order valence-corrected chi connectivity index (χ1v) is 5.57. The molecule has 0 aliphatic carbocycles. The Morgan fingerprint density at radius 1 is 1.43 bits per heavy atom. The minimum absolute atomic E-state index is 0.668. The summed E-state index contributed by atoms with van der Waals surface area (Å²) < 4.78 is 3.75. The van der Waals surface area contributed by atoms with E-state index in [1.54, 1.807) is 30.4 Å². The summed E-state index contributed by atoms with van der Waals surface area (Å²) in [5, 5.41) is 5.43. The van der Waals surface area contributed by atoms with E-state index in [1.807, 2.05) is 0 Å². The van der Waals surface area contributed by atoms with Gasteiger partial charge in [0, 0.05) is 29.7 Å². The number of anilines is 1. The summed E-state index contributed by atoms with van der Waals surface area (Å²) in [5.74, 6) is 0.682. The fourth-order valence-corrected chi connectivity index (χ4v) is 2.12. The molecule has 0 atom stereocenters. The molecule has 0 amide bonds. The predicted molar refractivity (Wildman–Crippen MR) is 55.9 cm³/mol. The van der Waals surface area contributed by atoms with Crippen LogP contribution in [0.2, 0.25) is 0 Å². The summed E-state index contributed by atoms with van der Waals surface area (Å²) >= 11 is 2.75. The Balaban J connectivity index is 1.99. The van der Waals surface area contributed by atoms with E-state index in [1.165, 1.54) is 11.5 Å². The van der Waals surface area contributed by atoms with E-state index in [0.29, 0.717) is 10.8 Å². The van der Waals surface area contributed by atoms with E-state index >= 15 is 0 Å². The minimum atomic E-state index is 0.668. The number of rotatable bonds is 3. The number of hydrogen-bond acceptors (Lipinski definition) is 7. The van der Waals surface area contributed by atoms with E-state index in [9.17, 15) is 0 Å². The molecule has 0 unspecified atom stereocenters. The summed E-state index contributed by atoms with van der Waals surface area (Å²) in [4.78, 5) is 8.08. The zero-order valence-electron chi connectivity index (χ0n) is 7.12. The quantitative estimate of drug-likeness (QED) is 0.791. The van der Waals surface area contributed by atoms with Crippen molar-refractivity contribution >= 4 is 28.3 Å². The summed E-state index contributed by atoms with van der Waals surface area (Å²) in [5.41, 5.74) is 6.46. The molecule has 0 aliphatic rings. The molecule has 14 heavy (non-hydrogen) atoms. The molecule has 0 bridgehead atoms. The molecule has 0 radical (unpaired) electrons. The fourth-order valence-electron chi connectivity index (χ4n) is 0.818. The molecule has 0 spiro atoms. The predicted octanol–water partition coefficient (Wildman–Crippen LogP) is 1.20. The highest BCUT2D eigenvalue weighted by Gasteiger charge is 2.04. The molecule has 0 aromatic carbocycles. The summed E-state index contributed by atoms with van der Waals surface area (Å²) in [7, 11) is 0. The Morgan fingerprint density at radius 3 is 3.00 bits per heavy atom. The highest BCUT2D eigenvalue weighted by atomic mass is 32.2. The molecule has 0 saturated carbocycles. The van der Waals surface area contributed by atoms with Crippen LogP contribution in [0.3, 0.4) is 0 Å². The Kier molecular flexibility index (Phi) is 2.90. The highest BCUT2D eigenvalue weighted by Crippen LogP contribution is 2.23. The topological polar surface area (TPSA) is 77.6 Å². The second kappa shape index (κ2) is 4.34. The van der Waals surface area contributed by atoms with Crippen LogP contribution in [0.25, 0.3) is 0 Å². The lowest BCUT2D eigenvalue weighted by molar-refractivity contribution is 1.04. The zero-order chi connectivity index (χ0) is 9.80. The molecule has 0 fully saturated rings. The lowest BCUT2D eigenvalue weighted by Gasteiger charge is -1.96. The first-order chi connectivity index (χ1) is 6.86. The van der Waals surface area contributed by atoms with Crippen molar-refractivity contribution in [2.75, 3.05) is 5.73 Å². The van der Waals surface area contributed by atoms with E-state index in [2.05, 4.69) is 19.6 Å². The molecule has 2 heterocycles. The first kappa shape index (κ1) is 9.35. The van der Waals surface area contributed by atoms with Crippen LogP contribution in [-0.4, -0.2) is 19.6 Å². The van der Waals surface area contributed by atoms with E-state index in [-0.39, 0.29) is 0 Å². The van der Waals surface area contributed by atoms with Gasteiger partial charge in [0.05, 0.1) is 6.20 Å². The standard InChI is InChI=1S/C7H7N5S2/c8-7-5(11-12-14-7)4-13-6-3-9-1-2-10-6/h1-3H,4,8H2. The summed E-state index contributed by atoms with van der Waals surface area (Å²) in [6.45, 7) is 0. The first-order valence-electron chi connectivity index (χ1n) is 3.82. The third-order valence-electron chi connectivity index (χ3n) is 1.48. The van der Waals surface area contributed by atoms with Crippen molar-refractivity contribution in [3.05, 3.63) is 24.3 Å². The third-order valence-corrected chi connectivity index (χ3v) is 3.00. The largest absolute Gasteiger partial charge is 0.388 e. The van der Waals surface area contributed by atoms with Crippen LogP contribution in [0.1, 0.15) is 5.69 Å². The lowest BCUT2D eigenvalue weighted by atomic mass is 10.5. The van der Waals surface area contributed by atoms with E-state index in [0.717, 1.165) is 10.7 Å². The van der Waals surface area contributed by atoms with Crippen LogP contribution in [-0.2, 0) is 5.75 Å². The van der Waals surface area contributed by atoms with Crippen molar-refractivity contribution < 1.29 is 0 Å². The van der Waals surface area contributed by atoms with Crippen molar-refractivity contribution in [3.8, 4) is 0 Å². The Morgan fingerprint density at radius 2 is 2.36 bits per heavy atom. The molecule has 2 rings (SSSR count). The van der Waals surface area contributed by atoms with Gasteiger partial charge in [-0.25, -0.2) is 4.98 Å². The summed E-state index contributed by atoms with van der Waals surface area (Å²) in [6, 6.07) is 0. The molecular weight excluding hydrogens is 218 g/mol. The molecule has 0 saturated heterocycles. The van der Waals surface area contributed by atoms with Gasteiger partial charge in [-0.3, -0.25) is 4.98 Å². The Bertz CT molecular complexity index is 401. The van der Waals surface area contributed by atoms with Crippen LogP contribution in [0.5, 0.6) is 0 Å². The van der Waals surface area contributed by atoms with Gasteiger partial charge in [0.2, 0.25) is 0 Å². The molecule has 2 N–H and O–H groups in total. The number of nitrogen functional groups attached to an aromatic ring is 1. The van der Waals surface area contributed by atoms with Crippen molar-refractivity contribution in [3.63, 3.8) is 0 Å². The Labute approximate surface area is 88.9 Å². The number of aromatic nitrogens is 4. The van der Waals surface area contributed by atoms with Crippen molar-refractivity contribution in [2.45, 2.75) is 10.8 Å². The minimum Gasteiger partial charge on any atom is -0.388 e. The van der Waals surface area contributed by atoms with Gasteiger partial charge < -0.3 is 5.73 Å². The maximum absolute atomic E-state index is 5.65. The van der Waals surface area contributed by atoms with Gasteiger partial charge in [-0.1, -0.05) is 16.3 Å². The maximum Gasteiger partial charge on any atom is 0.131 e. The van der Waals surface area contributed by atoms with Gasteiger partial charge in [0.1, 0.15) is 15.7 Å². The maximum atomic E-state index is 5.65. The SMILES string of the molecule is Nc1snnc1CSc1cnccn1. The average Bonchev–Trinajstić information content (AvgIpc) is 2.63. The third kappa shape index (κ3) is 2.18. The molecule has 0 aliphatic heterocycles. The number of nitrogens with two attached hydrogens (primary N) is 1. The normalized spacial score (nSPS) is 10.3. The number of thioether (sulfide) groups is 1. The Hall–Kier alpha value is -1.21. The second-order valence-electron chi connectivity index (χ2n) is 2.42. The molecular formula is C7H7N5S2. The van der Waals surface area contributed by atoms with Crippen molar-refractivity contribution in [1.82, 2.24) is 19.6 Å². The van der Waals surface area contributed by atoms with E-state index in [4.69, 9.17) is 5.73 Å². The second-order valence-corrected chi connectivity index (χ2v) is 4.20. The van der Waals surface area contributed by atoms with Crippen molar-refractivity contribution in [1.29, 1.82) is 0 Å². The molecule has 2 aromatic rings. The van der Waals surface area contributed by atoms with Crippen molar-refractivity contribution in [2.24, 2.45) is 0 Å². The van der Waals surface area contributed by atoms with Gasteiger partial charge in [-0.15, -0.1) is 5.10 Å². The van der Waals surface area contributed by atoms with Gasteiger partial charge >= 0.3 is 0 Å². The van der Waals surface area contributed by atoms with Gasteiger partial charge in [-0.2, -0.15) is 0 Å². The smallest absolute Gasteiger partial charge is 0.131 e. The molecule has 72 valence electrons. The lowest BCUT2D eigenvalue weighted by Crippen LogP contribution is -1.89. The van der Waals surface area contributed by atoms with Gasteiger partial charge in [0.15, 0.2) is 0 Å². The number of nitrogens with zero attached hydrogens (tertiary/aromatic N) is 4. The molecule has 5 nitrogen and oxygen atoms in total.